The number of hydrogen-bond donors (Lipinski definition) is 1. The average molecular weight is 649 g/mol. The van der Waals surface area contributed by atoms with E-state index in [0.717, 1.165) is 5.56 Å². The molecule has 0 amide bonds. The Morgan fingerprint density at radius 3 is 2.24 bits per heavy atom. The van der Waals surface area contributed by atoms with Crippen molar-refractivity contribution in [2.75, 3.05) is 18.0 Å². The van der Waals surface area contributed by atoms with Gasteiger partial charge in [0.2, 0.25) is 10.0 Å². The SMILES string of the molecule is CCC(C)Oc1cc2c(cc1O)C1CN(S(=O)(=O)c3ccc(C)cc3)c3cc(OC)ccc3C1N(S(=O)(=O)c1ccccc1)C2. The maximum Gasteiger partial charge on any atom is 0.264 e. The minimum Gasteiger partial charge on any atom is -0.504 e. The zero-order valence-corrected chi connectivity index (χ0v) is 27.2. The van der Waals surface area contributed by atoms with Gasteiger partial charge in [-0.25, -0.2) is 16.8 Å². The van der Waals surface area contributed by atoms with Gasteiger partial charge >= 0.3 is 0 Å². The molecule has 0 bridgehead atoms. The summed E-state index contributed by atoms with van der Waals surface area (Å²) in [6.07, 6.45) is 0.531. The van der Waals surface area contributed by atoms with Crippen LogP contribution < -0.4 is 13.8 Å². The first-order chi connectivity index (χ1) is 21.4. The second-order valence-corrected chi connectivity index (χ2v) is 15.3. The van der Waals surface area contributed by atoms with E-state index >= 15 is 0 Å². The van der Waals surface area contributed by atoms with Crippen LogP contribution in [0.4, 0.5) is 5.69 Å². The molecule has 11 heteroatoms. The first-order valence-electron chi connectivity index (χ1n) is 14.8. The quantitative estimate of drug-likeness (QED) is 0.245. The fraction of sp³-hybridized carbons (Fsp3) is 0.294. The van der Waals surface area contributed by atoms with Crippen LogP contribution in [0.15, 0.2) is 94.7 Å². The molecule has 1 N–H and O–H groups in total. The molecule has 0 aliphatic carbocycles. The van der Waals surface area contributed by atoms with Crippen LogP contribution in [0.1, 0.15) is 54.5 Å². The summed E-state index contributed by atoms with van der Waals surface area (Å²) >= 11 is 0. The van der Waals surface area contributed by atoms with Gasteiger partial charge in [0.05, 0.1) is 34.7 Å². The lowest BCUT2D eigenvalue weighted by Gasteiger charge is -2.48. The maximum atomic E-state index is 14.4. The number of phenols is 1. The predicted molar refractivity (Wildman–Crippen MR) is 172 cm³/mol. The van der Waals surface area contributed by atoms with Crippen molar-refractivity contribution < 1.29 is 31.4 Å². The molecule has 0 radical (unpaired) electrons. The zero-order valence-electron chi connectivity index (χ0n) is 25.5. The number of hydrogen-bond acceptors (Lipinski definition) is 7. The van der Waals surface area contributed by atoms with Gasteiger partial charge < -0.3 is 14.6 Å². The van der Waals surface area contributed by atoms with Crippen molar-refractivity contribution in [1.82, 2.24) is 4.31 Å². The number of aryl methyl sites for hydroxylation is 1. The Hall–Kier alpha value is -4.06. The van der Waals surface area contributed by atoms with E-state index in [9.17, 15) is 21.9 Å². The Kier molecular flexibility index (Phi) is 8.05. The van der Waals surface area contributed by atoms with Crippen LogP contribution in [0.5, 0.6) is 17.2 Å². The summed E-state index contributed by atoms with van der Waals surface area (Å²) in [6, 6.07) is 22.4. The standard InChI is InChI=1S/C34H36N2O7S2/c1-5-23(3)43-33-17-24-20-36(45(40,41)26-9-7-6-8-10-26)34-28-16-13-25(42-4)18-31(28)35(21-30(34)29(24)19-32(33)37)44(38,39)27-14-11-22(2)12-15-27/h6-19,23,30,34,37H,5,20-21H2,1-4H3. The van der Waals surface area contributed by atoms with E-state index in [-0.39, 0.29) is 40.5 Å². The van der Waals surface area contributed by atoms with Crippen molar-refractivity contribution >= 4 is 25.7 Å². The summed E-state index contributed by atoms with van der Waals surface area (Å²) in [5.41, 5.74) is 3.08. The van der Waals surface area contributed by atoms with E-state index in [4.69, 9.17) is 9.47 Å². The molecule has 0 spiro atoms. The van der Waals surface area contributed by atoms with Crippen molar-refractivity contribution in [3.05, 3.63) is 107 Å². The number of aromatic hydroxyl groups is 1. The summed E-state index contributed by atoms with van der Waals surface area (Å²) in [5.74, 6) is -0.0457. The molecule has 2 heterocycles. The third-order valence-corrected chi connectivity index (χ3v) is 12.3. The molecular weight excluding hydrogens is 613 g/mol. The molecule has 3 unspecified atom stereocenters. The molecule has 0 fully saturated rings. The third kappa shape index (κ3) is 5.43. The number of fused-ring (bicyclic) bond motifs is 5. The lowest BCUT2D eigenvalue weighted by Crippen LogP contribution is -2.49. The van der Waals surface area contributed by atoms with Gasteiger partial charge in [-0.05, 0) is 79.4 Å². The minimum atomic E-state index is -4.09. The molecule has 4 aromatic rings. The van der Waals surface area contributed by atoms with E-state index in [0.29, 0.717) is 34.5 Å². The van der Waals surface area contributed by atoms with Gasteiger partial charge in [0, 0.05) is 25.1 Å². The topological polar surface area (TPSA) is 113 Å². The number of ether oxygens (including phenoxy) is 2. The fourth-order valence-corrected chi connectivity index (χ4v) is 9.28. The summed E-state index contributed by atoms with van der Waals surface area (Å²) in [6.45, 7) is 5.67. The van der Waals surface area contributed by atoms with Gasteiger partial charge in [-0.1, -0.05) is 48.9 Å². The first-order valence-corrected chi connectivity index (χ1v) is 17.7. The molecule has 4 aromatic carbocycles. The van der Waals surface area contributed by atoms with Crippen LogP contribution in [0.2, 0.25) is 0 Å². The number of rotatable bonds is 8. The largest absolute Gasteiger partial charge is 0.504 e. The van der Waals surface area contributed by atoms with Crippen LogP contribution in [0.25, 0.3) is 0 Å². The maximum absolute atomic E-state index is 14.4. The number of phenolic OH excluding ortho intramolecular Hbond substituents is 1. The number of benzene rings is 4. The van der Waals surface area contributed by atoms with Crippen molar-refractivity contribution in [3.63, 3.8) is 0 Å². The third-order valence-electron chi connectivity index (χ3n) is 8.69. The molecule has 2 aliphatic heterocycles. The van der Waals surface area contributed by atoms with Crippen LogP contribution >= 0.6 is 0 Å². The molecule has 45 heavy (non-hydrogen) atoms. The number of anilines is 1. The van der Waals surface area contributed by atoms with Gasteiger partial charge in [-0.15, -0.1) is 0 Å². The van der Waals surface area contributed by atoms with Crippen molar-refractivity contribution in [1.29, 1.82) is 0 Å². The molecule has 3 atom stereocenters. The second kappa shape index (κ2) is 11.7. The molecule has 2 aliphatic rings. The zero-order chi connectivity index (χ0) is 32.1. The second-order valence-electron chi connectivity index (χ2n) is 11.5. The van der Waals surface area contributed by atoms with Crippen molar-refractivity contribution in [2.45, 2.75) is 61.6 Å². The molecule has 0 saturated carbocycles. The summed E-state index contributed by atoms with van der Waals surface area (Å²) in [7, 11) is -6.66. The molecule has 236 valence electrons. The van der Waals surface area contributed by atoms with Gasteiger partial charge in [0.25, 0.3) is 10.0 Å². The molecule has 0 saturated heterocycles. The van der Waals surface area contributed by atoms with E-state index in [1.165, 1.54) is 15.7 Å². The Morgan fingerprint density at radius 1 is 0.889 bits per heavy atom. The van der Waals surface area contributed by atoms with Gasteiger partial charge in [-0.3, -0.25) is 4.31 Å². The lowest BCUT2D eigenvalue weighted by molar-refractivity contribution is 0.206. The highest BCUT2D eigenvalue weighted by atomic mass is 32.2. The Balaban J connectivity index is 1.59. The van der Waals surface area contributed by atoms with Gasteiger partial charge in [0.1, 0.15) is 5.75 Å². The summed E-state index contributed by atoms with van der Waals surface area (Å²) in [4.78, 5) is 0.247. The Labute approximate surface area is 264 Å². The number of nitrogens with zero attached hydrogens (tertiary/aromatic N) is 2. The predicted octanol–water partition coefficient (Wildman–Crippen LogP) is 6.12. The fourth-order valence-electron chi connectivity index (χ4n) is 6.13. The monoisotopic (exact) mass is 648 g/mol. The van der Waals surface area contributed by atoms with E-state index < -0.39 is 32.0 Å². The molecule has 0 aromatic heterocycles. The Bertz CT molecular complexity index is 1950. The van der Waals surface area contributed by atoms with Gasteiger partial charge in [-0.2, -0.15) is 4.31 Å². The lowest BCUT2D eigenvalue weighted by atomic mass is 9.78. The first kappa shape index (κ1) is 30.9. The van der Waals surface area contributed by atoms with Crippen LogP contribution in [-0.4, -0.2) is 46.0 Å². The highest BCUT2D eigenvalue weighted by Crippen LogP contribution is 2.54. The van der Waals surface area contributed by atoms with Crippen LogP contribution in [-0.2, 0) is 26.6 Å². The summed E-state index contributed by atoms with van der Waals surface area (Å²) < 4.78 is 71.6. The van der Waals surface area contributed by atoms with Crippen LogP contribution in [0, 0.1) is 6.92 Å². The van der Waals surface area contributed by atoms with Crippen LogP contribution in [0.3, 0.4) is 0 Å². The normalized spacial score (nSPS) is 18.8. The highest BCUT2D eigenvalue weighted by Gasteiger charge is 2.49. The number of sulfonamides is 2. The minimum absolute atomic E-state index is 0.00105. The highest BCUT2D eigenvalue weighted by molar-refractivity contribution is 7.92. The summed E-state index contributed by atoms with van der Waals surface area (Å²) in [5, 5.41) is 11.1. The van der Waals surface area contributed by atoms with Crippen molar-refractivity contribution in [2.24, 2.45) is 0 Å². The molecule has 9 nitrogen and oxygen atoms in total. The van der Waals surface area contributed by atoms with Crippen molar-refractivity contribution in [3.8, 4) is 17.2 Å². The molecule has 6 rings (SSSR count). The Morgan fingerprint density at radius 2 is 1.58 bits per heavy atom. The van der Waals surface area contributed by atoms with E-state index in [1.807, 2.05) is 20.8 Å². The van der Waals surface area contributed by atoms with Gasteiger partial charge in [0.15, 0.2) is 11.5 Å². The molecular formula is C34H36N2O7S2. The van der Waals surface area contributed by atoms with E-state index in [2.05, 4.69) is 0 Å². The smallest absolute Gasteiger partial charge is 0.264 e. The van der Waals surface area contributed by atoms with E-state index in [1.54, 1.807) is 84.9 Å². The average Bonchev–Trinajstić information content (AvgIpc) is 3.04. The number of methoxy groups -OCH3 is 1.